The molecule has 1 N–H and O–H groups in total. The van der Waals surface area contributed by atoms with Crippen LogP contribution in [0.2, 0.25) is 0 Å². The largest absolute Gasteiger partial charge is 0.479 e. The molecule has 0 atom stereocenters. The second-order valence-electron chi connectivity index (χ2n) is 8.18. The Hall–Kier alpha value is -3.46. The van der Waals surface area contributed by atoms with E-state index in [9.17, 15) is 5.11 Å². The van der Waals surface area contributed by atoms with Crippen LogP contribution in [-0.4, -0.2) is 61.2 Å². The predicted molar refractivity (Wildman–Crippen MR) is 127 cm³/mol. The van der Waals surface area contributed by atoms with Gasteiger partial charge in [-0.3, -0.25) is 0 Å². The number of nitrogens with zero attached hydrogens (tertiary/aromatic N) is 7. The van der Waals surface area contributed by atoms with Crippen molar-refractivity contribution >= 4 is 17.0 Å². The zero-order valence-corrected chi connectivity index (χ0v) is 19.1. The van der Waals surface area contributed by atoms with Crippen molar-refractivity contribution in [3.63, 3.8) is 0 Å². The Kier molecular flexibility index (Phi) is 5.95. The van der Waals surface area contributed by atoms with Crippen LogP contribution in [-0.2, 0) is 13.0 Å². The molecule has 5 rings (SSSR count). The van der Waals surface area contributed by atoms with Gasteiger partial charge in [0.05, 0.1) is 19.3 Å². The molecule has 0 bridgehead atoms. The number of anilines is 1. The molecule has 1 aliphatic heterocycles. The van der Waals surface area contributed by atoms with Crippen molar-refractivity contribution in [2.24, 2.45) is 0 Å². The Bertz CT molecular complexity index is 1240. The molecule has 0 spiro atoms. The van der Waals surface area contributed by atoms with E-state index in [2.05, 4.69) is 21.5 Å². The van der Waals surface area contributed by atoms with E-state index in [1.807, 2.05) is 36.5 Å². The molecular formula is C24H29N7O2. The zero-order valence-electron chi connectivity index (χ0n) is 19.1. The Morgan fingerprint density at radius 2 is 1.82 bits per heavy atom. The third kappa shape index (κ3) is 3.93. The summed E-state index contributed by atoms with van der Waals surface area (Å²) in [6.45, 7) is 4.70. The van der Waals surface area contributed by atoms with Gasteiger partial charge in [0.2, 0.25) is 5.88 Å². The van der Waals surface area contributed by atoms with Gasteiger partial charge >= 0.3 is 0 Å². The van der Waals surface area contributed by atoms with E-state index >= 15 is 0 Å². The van der Waals surface area contributed by atoms with Gasteiger partial charge in [-0.15, -0.1) is 5.10 Å². The monoisotopic (exact) mass is 447 g/mol. The molecule has 0 saturated carbocycles. The number of hydrogen-bond donors (Lipinski definition) is 1. The van der Waals surface area contributed by atoms with Gasteiger partial charge in [0.1, 0.15) is 5.82 Å². The zero-order chi connectivity index (χ0) is 22.8. The van der Waals surface area contributed by atoms with Gasteiger partial charge in [-0.2, -0.15) is 9.97 Å². The number of aryl methyl sites for hydroxylation is 1. The maximum absolute atomic E-state index is 9.56. The lowest BCUT2D eigenvalue weighted by Crippen LogP contribution is -2.31. The minimum Gasteiger partial charge on any atom is -0.479 e. The molecule has 3 aromatic heterocycles. The number of fused-ring (bicyclic) bond motifs is 1. The second kappa shape index (κ2) is 9.19. The van der Waals surface area contributed by atoms with Gasteiger partial charge in [-0.05, 0) is 31.7 Å². The maximum atomic E-state index is 9.56. The number of benzene rings is 1. The van der Waals surface area contributed by atoms with Gasteiger partial charge < -0.3 is 19.3 Å². The van der Waals surface area contributed by atoms with E-state index in [4.69, 9.17) is 19.7 Å². The standard InChI is InChI=1S/C24H29N7O2/c1-3-30-19(12-15-32)25-20-21(29-13-8-5-9-14-29)26-24(27-22(20)30)31-16-18(23(28-31)33-2)17-10-6-4-7-11-17/h4,6-7,10-11,16,32H,3,5,8-9,12-15H2,1-2H3. The second-order valence-corrected chi connectivity index (χ2v) is 8.18. The van der Waals surface area contributed by atoms with Crippen LogP contribution in [0.4, 0.5) is 5.82 Å². The fourth-order valence-corrected chi connectivity index (χ4v) is 4.50. The highest BCUT2D eigenvalue weighted by molar-refractivity contribution is 5.85. The van der Waals surface area contributed by atoms with Crippen molar-refractivity contribution < 1.29 is 9.84 Å². The lowest BCUT2D eigenvalue weighted by molar-refractivity contribution is 0.295. The van der Waals surface area contributed by atoms with Gasteiger partial charge in [-0.25, -0.2) is 9.67 Å². The first-order chi connectivity index (χ1) is 16.2. The number of aromatic nitrogens is 6. The number of piperidine rings is 1. The molecule has 9 heteroatoms. The number of hydrogen-bond acceptors (Lipinski definition) is 7. The summed E-state index contributed by atoms with van der Waals surface area (Å²) in [6, 6.07) is 10.0. The van der Waals surface area contributed by atoms with Crippen LogP contribution in [0.3, 0.4) is 0 Å². The fraction of sp³-hybridized carbons (Fsp3) is 0.417. The lowest BCUT2D eigenvalue weighted by Gasteiger charge is -2.27. The summed E-state index contributed by atoms with van der Waals surface area (Å²) in [5, 5.41) is 14.2. The third-order valence-corrected chi connectivity index (χ3v) is 6.11. The molecule has 0 amide bonds. The summed E-state index contributed by atoms with van der Waals surface area (Å²) >= 11 is 0. The molecule has 4 heterocycles. The number of aliphatic hydroxyl groups excluding tert-OH is 1. The summed E-state index contributed by atoms with van der Waals surface area (Å²) in [6.07, 6.45) is 5.88. The van der Waals surface area contributed by atoms with Gasteiger partial charge in [0.15, 0.2) is 17.0 Å². The summed E-state index contributed by atoms with van der Waals surface area (Å²) in [4.78, 5) is 17.0. The van der Waals surface area contributed by atoms with Crippen molar-refractivity contribution in [2.45, 2.75) is 39.2 Å². The van der Waals surface area contributed by atoms with E-state index in [0.29, 0.717) is 24.8 Å². The Morgan fingerprint density at radius 3 is 2.52 bits per heavy atom. The molecule has 1 saturated heterocycles. The molecule has 9 nitrogen and oxygen atoms in total. The summed E-state index contributed by atoms with van der Waals surface area (Å²) in [7, 11) is 1.62. The smallest absolute Gasteiger partial charge is 0.254 e. The van der Waals surface area contributed by atoms with Crippen LogP contribution < -0.4 is 9.64 Å². The molecule has 172 valence electrons. The highest BCUT2D eigenvalue weighted by Crippen LogP contribution is 2.31. The number of ether oxygens (including phenoxy) is 1. The summed E-state index contributed by atoms with van der Waals surface area (Å²) < 4.78 is 9.32. The Labute approximate surface area is 192 Å². The minimum absolute atomic E-state index is 0.0411. The number of imidazole rings is 1. The Balaban J connectivity index is 1.69. The van der Waals surface area contributed by atoms with Crippen LogP contribution in [0, 0.1) is 0 Å². The molecule has 0 unspecified atom stereocenters. The van der Waals surface area contributed by atoms with Gasteiger partial charge in [-0.1, -0.05) is 30.3 Å². The van der Waals surface area contributed by atoms with E-state index < -0.39 is 0 Å². The average Bonchev–Trinajstić information content (AvgIpc) is 3.46. The number of aliphatic hydroxyl groups is 1. The van der Waals surface area contributed by atoms with Crippen LogP contribution >= 0.6 is 0 Å². The quantitative estimate of drug-likeness (QED) is 0.465. The number of rotatable bonds is 7. The third-order valence-electron chi connectivity index (χ3n) is 6.11. The molecule has 0 radical (unpaired) electrons. The van der Waals surface area contributed by atoms with Crippen LogP contribution in [0.1, 0.15) is 32.0 Å². The molecular weight excluding hydrogens is 418 g/mol. The van der Waals surface area contributed by atoms with E-state index in [1.54, 1.807) is 11.8 Å². The molecule has 4 aromatic rings. The fourth-order valence-electron chi connectivity index (χ4n) is 4.50. The van der Waals surface area contributed by atoms with Crippen molar-refractivity contribution in [2.75, 3.05) is 31.7 Å². The van der Waals surface area contributed by atoms with Crippen LogP contribution in [0.25, 0.3) is 28.2 Å². The summed E-state index contributed by atoms with van der Waals surface area (Å²) in [5.41, 5.74) is 3.45. The van der Waals surface area contributed by atoms with Crippen molar-refractivity contribution in [3.8, 4) is 23.0 Å². The normalized spacial score (nSPS) is 14.2. The van der Waals surface area contributed by atoms with Crippen LogP contribution in [0.15, 0.2) is 36.5 Å². The molecule has 33 heavy (non-hydrogen) atoms. The first-order valence-electron chi connectivity index (χ1n) is 11.6. The first-order valence-corrected chi connectivity index (χ1v) is 11.6. The summed E-state index contributed by atoms with van der Waals surface area (Å²) in [5.74, 6) is 2.66. The average molecular weight is 448 g/mol. The van der Waals surface area contributed by atoms with Crippen molar-refractivity contribution in [1.29, 1.82) is 0 Å². The highest BCUT2D eigenvalue weighted by Gasteiger charge is 2.24. The topological polar surface area (TPSA) is 94.1 Å². The van der Waals surface area contributed by atoms with Gasteiger partial charge in [0.25, 0.3) is 5.95 Å². The van der Waals surface area contributed by atoms with Gasteiger partial charge in [0, 0.05) is 32.3 Å². The van der Waals surface area contributed by atoms with E-state index in [-0.39, 0.29) is 6.61 Å². The molecule has 0 aliphatic carbocycles. The van der Waals surface area contributed by atoms with Crippen LogP contribution in [0.5, 0.6) is 5.88 Å². The molecule has 1 aliphatic rings. The van der Waals surface area contributed by atoms with E-state index in [0.717, 1.165) is 59.9 Å². The minimum atomic E-state index is 0.0411. The Morgan fingerprint density at radius 1 is 1.03 bits per heavy atom. The highest BCUT2D eigenvalue weighted by atomic mass is 16.5. The number of methoxy groups -OCH3 is 1. The van der Waals surface area contributed by atoms with Crippen molar-refractivity contribution in [3.05, 3.63) is 42.4 Å². The molecule has 1 aromatic carbocycles. The van der Waals surface area contributed by atoms with Crippen molar-refractivity contribution in [1.82, 2.24) is 29.3 Å². The lowest BCUT2D eigenvalue weighted by atomic mass is 10.1. The van der Waals surface area contributed by atoms with E-state index in [1.165, 1.54) is 6.42 Å². The predicted octanol–water partition coefficient (Wildman–Crippen LogP) is 3.23. The first kappa shape index (κ1) is 21.4. The molecule has 1 fully saturated rings. The SMILES string of the molecule is CCn1c(CCO)nc2c(N3CCCCC3)nc(-n3cc(-c4ccccc4)c(OC)n3)nc21. The maximum Gasteiger partial charge on any atom is 0.254 e.